The fourth-order valence-electron chi connectivity index (χ4n) is 2.65. The van der Waals surface area contributed by atoms with Crippen LogP contribution in [0, 0.1) is 0 Å². The molecule has 1 fully saturated rings. The average Bonchev–Trinajstić information content (AvgIpc) is 2.95. The number of rotatable bonds is 5. The van der Waals surface area contributed by atoms with Gasteiger partial charge in [0.15, 0.2) is 10.1 Å². The lowest BCUT2D eigenvalue weighted by molar-refractivity contribution is -0.113. The highest BCUT2D eigenvalue weighted by atomic mass is 32.2. The molecule has 3 rings (SSSR count). The molecule has 0 spiro atoms. The van der Waals surface area contributed by atoms with Gasteiger partial charge in [0.2, 0.25) is 0 Å². The Kier molecular flexibility index (Phi) is 5.62. The third-order valence-electron chi connectivity index (χ3n) is 4.03. The molecule has 5 nitrogen and oxygen atoms in total. The van der Waals surface area contributed by atoms with Gasteiger partial charge in [-0.05, 0) is 43.3 Å². The Morgan fingerprint density at radius 2 is 1.93 bits per heavy atom. The third kappa shape index (κ3) is 3.89. The number of ketones is 1. The number of anilines is 1. The van der Waals surface area contributed by atoms with Crippen molar-refractivity contribution in [3.05, 3.63) is 58.5 Å². The van der Waals surface area contributed by atoms with E-state index in [4.69, 9.17) is 21.7 Å². The van der Waals surface area contributed by atoms with Gasteiger partial charge in [0, 0.05) is 11.1 Å². The second kappa shape index (κ2) is 7.94. The van der Waals surface area contributed by atoms with Crippen molar-refractivity contribution in [3.63, 3.8) is 0 Å². The van der Waals surface area contributed by atoms with Gasteiger partial charge in [-0.25, -0.2) is 0 Å². The largest absolute Gasteiger partial charge is 0.497 e. The summed E-state index contributed by atoms with van der Waals surface area (Å²) in [6.45, 7) is 1.48. The minimum atomic E-state index is -0.240. The molecular formula is C20H17NO4S2. The minimum absolute atomic E-state index is 0.0704. The van der Waals surface area contributed by atoms with Crippen LogP contribution >= 0.6 is 24.0 Å². The van der Waals surface area contributed by atoms with E-state index < -0.39 is 0 Å². The Hall–Kier alpha value is -2.64. The number of carbonyl (C=O) groups is 2. The molecule has 7 heteroatoms. The van der Waals surface area contributed by atoms with E-state index in [2.05, 4.69) is 0 Å². The number of amides is 1. The first-order chi connectivity index (χ1) is 12.9. The molecule has 0 N–H and O–H groups in total. The van der Waals surface area contributed by atoms with E-state index >= 15 is 0 Å². The van der Waals surface area contributed by atoms with Crippen LogP contribution in [0.15, 0.2) is 47.4 Å². The van der Waals surface area contributed by atoms with Gasteiger partial charge in [0.1, 0.15) is 11.5 Å². The molecule has 0 aromatic heterocycles. The van der Waals surface area contributed by atoms with Crippen LogP contribution in [0.25, 0.3) is 6.08 Å². The molecule has 2 aromatic carbocycles. The fraction of sp³-hybridized carbons (Fsp3) is 0.150. The molecule has 0 unspecified atom stereocenters. The molecule has 0 atom stereocenters. The van der Waals surface area contributed by atoms with E-state index in [0.717, 1.165) is 5.56 Å². The number of Topliss-reactive ketones (excluding diaryl/α,β-unsaturated/α-hetero) is 1. The number of thioether (sulfide) groups is 1. The number of hydrogen-bond donors (Lipinski definition) is 0. The lowest BCUT2D eigenvalue weighted by Crippen LogP contribution is -2.27. The zero-order valence-corrected chi connectivity index (χ0v) is 16.6. The van der Waals surface area contributed by atoms with Crippen LogP contribution in [0.5, 0.6) is 11.5 Å². The summed E-state index contributed by atoms with van der Waals surface area (Å²) in [5.74, 6) is 0.973. The summed E-state index contributed by atoms with van der Waals surface area (Å²) in [5, 5.41) is 0. The number of benzene rings is 2. The molecule has 27 heavy (non-hydrogen) atoms. The van der Waals surface area contributed by atoms with Crippen molar-refractivity contribution in [1.29, 1.82) is 0 Å². The van der Waals surface area contributed by atoms with Gasteiger partial charge in [-0.15, -0.1) is 0 Å². The fourth-order valence-corrected chi connectivity index (χ4v) is 3.94. The molecule has 0 bridgehead atoms. The SMILES string of the molecule is COc1ccc(OC)c(/C=C2\SC(=S)N(c3cccc(C(C)=O)c3)C2=O)c1. The lowest BCUT2D eigenvalue weighted by atomic mass is 10.1. The van der Waals surface area contributed by atoms with Crippen molar-refractivity contribution in [1.82, 2.24) is 0 Å². The van der Waals surface area contributed by atoms with Crippen molar-refractivity contribution in [2.75, 3.05) is 19.1 Å². The molecule has 1 heterocycles. The van der Waals surface area contributed by atoms with Gasteiger partial charge in [0.05, 0.1) is 24.8 Å². The van der Waals surface area contributed by atoms with Crippen molar-refractivity contribution >= 4 is 51.8 Å². The van der Waals surface area contributed by atoms with Gasteiger partial charge in [-0.3, -0.25) is 14.5 Å². The number of hydrogen-bond acceptors (Lipinski definition) is 6. The van der Waals surface area contributed by atoms with Crippen molar-refractivity contribution in [2.45, 2.75) is 6.92 Å². The van der Waals surface area contributed by atoms with Crippen molar-refractivity contribution < 1.29 is 19.1 Å². The molecule has 0 aliphatic carbocycles. The van der Waals surface area contributed by atoms with Crippen LogP contribution in [0.4, 0.5) is 5.69 Å². The first-order valence-electron chi connectivity index (χ1n) is 8.05. The number of carbonyl (C=O) groups excluding carboxylic acids is 2. The van der Waals surface area contributed by atoms with Crippen LogP contribution in [0.2, 0.25) is 0 Å². The molecule has 0 saturated carbocycles. The van der Waals surface area contributed by atoms with Crippen LogP contribution in [0.3, 0.4) is 0 Å². The molecule has 1 aliphatic rings. The molecule has 2 aromatic rings. The van der Waals surface area contributed by atoms with Gasteiger partial charge < -0.3 is 9.47 Å². The summed E-state index contributed by atoms with van der Waals surface area (Å²) < 4.78 is 11.0. The molecule has 1 aliphatic heterocycles. The lowest BCUT2D eigenvalue weighted by Gasteiger charge is -2.15. The van der Waals surface area contributed by atoms with Crippen LogP contribution in [0.1, 0.15) is 22.8 Å². The maximum atomic E-state index is 12.9. The topological polar surface area (TPSA) is 55.8 Å². The Bertz CT molecular complexity index is 968. The summed E-state index contributed by atoms with van der Waals surface area (Å²) in [7, 11) is 3.14. The summed E-state index contributed by atoms with van der Waals surface area (Å²) in [5.41, 5.74) is 1.82. The predicted octanol–water partition coefficient (Wildman–Crippen LogP) is 4.31. The summed E-state index contributed by atoms with van der Waals surface area (Å²) in [6.07, 6.45) is 1.73. The first-order valence-corrected chi connectivity index (χ1v) is 9.28. The molecule has 1 amide bonds. The molecule has 1 saturated heterocycles. The maximum absolute atomic E-state index is 12.9. The predicted molar refractivity (Wildman–Crippen MR) is 112 cm³/mol. The highest BCUT2D eigenvalue weighted by molar-refractivity contribution is 8.27. The van der Waals surface area contributed by atoms with Crippen LogP contribution in [-0.2, 0) is 4.79 Å². The molecular weight excluding hydrogens is 382 g/mol. The zero-order valence-electron chi connectivity index (χ0n) is 15.0. The molecule has 138 valence electrons. The average molecular weight is 399 g/mol. The minimum Gasteiger partial charge on any atom is -0.497 e. The smallest absolute Gasteiger partial charge is 0.270 e. The summed E-state index contributed by atoms with van der Waals surface area (Å²) in [4.78, 5) is 26.5. The van der Waals surface area contributed by atoms with Crippen LogP contribution in [-0.4, -0.2) is 30.2 Å². The highest BCUT2D eigenvalue weighted by Gasteiger charge is 2.33. The number of methoxy groups -OCH3 is 2. The summed E-state index contributed by atoms with van der Waals surface area (Å²) in [6, 6.07) is 12.2. The van der Waals surface area contributed by atoms with Gasteiger partial charge in [0.25, 0.3) is 5.91 Å². The van der Waals surface area contributed by atoms with E-state index in [-0.39, 0.29) is 11.7 Å². The Balaban J connectivity index is 1.98. The van der Waals surface area contributed by atoms with E-state index in [9.17, 15) is 9.59 Å². The Morgan fingerprint density at radius 3 is 2.59 bits per heavy atom. The van der Waals surface area contributed by atoms with Gasteiger partial charge in [-0.2, -0.15) is 0 Å². The third-order valence-corrected chi connectivity index (χ3v) is 5.33. The zero-order chi connectivity index (χ0) is 19.6. The van der Waals surface area contributed by atoms with E-state index in [1.165, 1.54) is 23.6 Å². The van der Waals surface area contributed by atoms with Gasteiger partial charge >= 0.3 is 0 Å². The second-order valence-corrected chi connectivity index (χ2v) is 7.41. The van der Waals surface area contributed by atoms with Crippen molar-refractivity contribution in [3.8, 4) is 11.5 Å². The highest BCUT2D eigenvalue weighted by Crippen LogP contribution is 2.38. The van der Waals surface area contributed by atoms with E-state index in [0.29, 0.717) is 32.0 Å². The normalized spacial score (nSPS) is 15.4. The Morgan fingerprint density at radius 1 is 1.15 bits per heavy atom. The van der Waals surface area contributed by atoms with Crippen LogP contribution < -0.4 is 14.4 Å². The number of thiocarbonyl (C=S) groups is 1. The Labute approximate surface area is 167 Å². The van der Waals surface area contributed by atoms with Crippen molar-refractivity contribution in [2.24, 2.45) is 0 Å². The quantitative estimate of drug-likeness (QED) is 0.424. The monoisotopic (exact) mass is 399 g/mol. The van der Waals surface area contributed by atoms with E-state index in [1.54, 1.807) is 62.8 Å². The second-order valence-electron chi connectivity index (χ2n) is 5.73. The molecule has 0 radical (unpaired) electrons. The maximum Gasteiger partial charge on any atom is 0.270 e. The van der Waals surface area contributed by atoms with E-state index in [1.807, 2.05) is 0 Å². The number of ether oxygens (including phenoxy) is 2. The standard InChI is InChI=1S/C20H17NO4S2/c1-12(22)13-5-4-6-15(9-13)21-19(23)18(27-20(21)26)11-14-10-16(24-2)7-8-17(14)25-3/h4-11H,1-3H3/b18-11-. The van der Waals surface area contributed by atoms with Gasteiger partial charge in [-0.1, -0.05) is 36.1 Å². The first kappa shape index (κ1) is 19.1. The summed E-state index contributed by atoms with van der Waals surface area (Å²) >= 11 is 6.60. The number of nitrogens with zero attached hydrogens (tertiary/aromatic N) is 1.